The number of carbonyl (C=O) groups excluding carboxylic acids is 1. The number of hydrogen-bond acceptors (Lipinski definition) is 7. The predicted octanol–water partition coefficient (Wildman–Crippen LogP) is 4.01. The lowest BCUT2D eigenvalue weighted by molar-refractivity contribution is -0.116. The Labute approximate surface area is 198 Å². The molecule has 0 unspecified atom stereocenters. The zero-order valence-electron chi connectivity index (χ0n) is 19.0. The second-order valence-electron chi connectivity index (χ2n) is 8.04. The first kappa shape index (κ1) is 24.1. The molecule has 1 N–H and O–H groups in total. The molecule has 0 spiro atoms. The van der Waals surface area contributed by atoms with Crippen molar-refractivity contribution in [3.8, 4) is 22.7 Å². The summed E-state index contributed by atoms with van der Waals surface area (Å²) in [6, 6.07) is 11.3. The molecule has 4 rings (SSSR count). The summed E-state index contributed by atoms with van der Waals surface area (Å²) in [6.07, 6.45) is -0.868. The number of nitrogens with zero attached hydrogens (tertiary/aromatic N) is 6. The maximum absolute atomic E-state index is 14.7. The van der Waals surface area contributed by atoms with E-state index in [9.17, 15) is 18.0 Å². The molecule has 12 heteroatoms. The molecule has 0 saturated heterocycles. The average molecular weight is 485 g/mol. The van der Waals surface area contributed by atoms with Crippen molar-refractivity contribution in [3.63, 3.8) is 0 Å². The topological polar surface area (TPSA) is 102 Å². The fourth-order valence-electron chi connectivity index (χ4n) is 3.24. The maximum atomic E-state index is 14.7. The molecule has 182 valence electrons. The molecule has 0 saturated carbocycles. The Morgan fingerprint density at radius 2 is 1.94 bits per heavy atom. The first-order chi connectivity index (χ1) is 16.8. The van der Waals surface area contributed by atoms with Gasteiger partial charge in [-0.2, -0.15) is 8.78 Å². The van der Waals surface area contributed by atoms with Crippen LogP contribution in [-0.4, -0.2) is 56.6 Å². The van der Waals surface area contributed by atoms with Crippen molar-refractivity contribution in [2.24, 2.45) is 0 Å². The van der Waals surface area contributed by atoms with Crippen LogP contribution in [0.5, 0.6) is 0 Å². The summed E-state index contributed by atoms with van der Waals surface area (Å²) < 4.78 is 46.3. The van der Waals surface area contributed by atoms with E-state index in [0.29, 0.717) is 29.9 Å². The third kappa shape index (κ3) is 6.09. The highest BCUT2D eigenvalue weighted by molar-refractivity contribution is 5.91. The predicted molar refractivity (Wildman–Crippen MR) is 121 cm³/mol. The molecular weight excluding hydrogens is 463 g/mol. The van der Waals surface area contributed by atoms with Gasteiger partial charge in [0.15, 0.2) is 0 Å². The summed E-state index contributed by atoms with van der Waals surface area (Å²) in [4.78, 5) is 14.0. The smallest absolute Gasteiger partial charge is 0.314 e. The van der Waals surface area contributed by atoms with Gasteiger partial charge in [-0.15, -0.1) is 15.3 Å². The van der Waals surface area contributed by atoms with E-state index in [1.165, 1.54) is 16.8 Å². The minimum Gasteiger partial charge on any atom is -0.415 e. The van der Waals surface area contributed by atoms with Gasteiger partial charge >= 0.3 is 6.43 Å². The molecule has 2 heterocycles. The third-order valence-corrected chi connectivity index (χ3v) is 5.03. The number of carbonyl (C=O) groups is 1. The highest BCUT2D eigenvalue weighted by Crippen LogP contribution is 2.25. The normalized spacial score (nSPS) is 11.4. The first-order valence-corrected chi connectivity index (χ1v) is 10.6. The van der Waals surface area contributed by atoms with Crippen molar-refractivity contribution in [2.75, 3.05) is 26.0 Å². The van der Waals surface area contributed by atoms with Gasteiger partial charge < -0.3 is 14.6 Å². The Kier molecular flexibility index (Phi) is 7.20. The molecule has 0 radical (unpaired) electrons. The standard InChI is InChI=1S/C23H22F3N7O2/c1-32(2)9-8-20(34)27-17-5-3-4-14(10-17)19-13-33(31-28-19)12-16-7-6-15(11-18(16)24)22-29-30-23(35-22)21(25)26/h3-7,10-11,13,21H,8-9,12H2,1-2H3,(H,27,34). The lowest BCUT2D eigenvalue weighted by Crippen LogP contribution is -2.20. The zero-order valence-corrected chi connectivity index (χ0v) is 19.0. The number of hydrogen-bond donors (Lipinski definition) is 1. The molecule has 0 bridgehead atoms. The van der Waals surface area contributed by atoms with Crippen LogP contribution in [0.25, 0.3) is 22.7 Å². The Balaban J connectivity index is 1.44. The number of rotatable bonds is 9. The van der Waals surface area contributed by atoms with Crippen LogP contribution in [-0.2, 0) is 11.3 Å². The van der Waals surface area contributed by atoms with Gasteiger partial charge in [0.25, 0.3) is 5.89 Å². The van der Waals surface area contributed by atoms with Crippen molar-refractivity contribution in [3.05, 3.63) is 65.9 Å². The Morgan fingerprint density at radius 3 is 2.66 bits per heavy atom. The summed E-state index contributed by atoms with van der Waals surface area (Å²) in [5.41, 5.74) is 2.43. The van der Waals surface area contributed by atoms with Gasteiger partial charge in [0, 0.05) is 35.3 Å². The monoisotopic (exact) mass is 485 g/mol. The summed E-state index contributed by atoms with van der Waals surface area (Å²) in [6.45, 7) is 0.731. The molecule has 0 aliphatic heterocycles. The van der Waals surface area contributed by atoms with E-state index < -0.39 is 18.1 Å². The van der Waals surface area contributed by atoms with Crippen LogP contribution in [0.15, 0.2) is 53.1 Å². The minimum atomic E-state index is -2.90. The van der Waals surface area contributed by atoms with Crippen molar-refractivity contribution in [2.45, 2.75) is 19.4 Å². The van der Waals surface area contributed by atoms with Gasteiger partial charge in [-0.25, -0.2) is 9.07 Å². The van der Waals surface area contributed by atoms with E-state index in [-0.39, 0.29) is 23.9 Å². The Bertz CT molecular complexity index is 1320. The lowest BCUT2D eigenvalue weighted by Gasteiger charge is -2.10. The molecule has 35 heavy (non-hydrogen) atoms. The van der Waals surface area contributed by atoms with E-state index in [1.807, 2.05) is 25.1 Å². The summed E-state index contributed by atoms with van der Waals surface area (Å²) in [7, 11) is 3.80. The molecule has 0 aliphatic rings. The molecule has 9 nitrogen and oxygen atoms in total. The van der Waals surface area contributed by atoms with Crippen LogP contribution in [0.4, 0.5) is 18.9 Å². The van der Waals surface area contributed by atoms with Crippen LogP contribution in [0.1, 0.15) is 24.3 Å². The highest BCUT2D eigenvalue weighted by atomic mass is 19.3. The van der Waals surface area contributed by atoms with Crippen molar-refractivity contribution >= 4 is 11.6 Å². The number of halogens is 3. The summed E-state index contributed by atoms with van der Waals surface area (Å²) in [5.74, 6) is -1.69. The van der Waals surface area contributed by atoms with Crippen LogP contribution in [0.2, 0.25) is 0 Å². The van der Waals surface area contributed by atoms with Crippen LogP contribution in [0, 0.1) is 5.82 Å². The maximum Gasteiger partial charge on any atom is 0.314 e. The second kappa shape index (κ2) is 10.5. The van der Waals surface area contributed by atoms with Crippen molar-refractivity contribution in [1.82, 2.24) is 30.1 Å². The van der Waals surface area contributed by atoms with E-state index in [0.717, 1.165) is 11.6 Å². The number of nitrogens with one attached hydrogen (secondary N) is 1. The van der Waals surface area contributed by atoms with Gasteiger partial charge in [0.1, 0.15) is 11.5 Å². The molecule has 4 aromatic rings. The van der Waals surface area contributed by atoms with Crippen molar-refractivity contribution < 1.29 is 22.4 Å². The van der Waals surface area contributed by atoms with Crippen LogP contribution >= 0.6 is 0 Å². The molecule has 0 atom stereocenters. The fraction of sp³-hybridized carbons (Fsp3) is 0.261. The van der Waals surface area contributed by atoms with E-state index in [1.54, 1.807) is 24.4 Å². The molecule has 0 aliphatic carbocycles. The number of aromatic nitrogens is 5. The second-order valence-corrected chi connectivity index (χ2v) is 8.04. The number of alkyl halides is 2. The van der Waals surface area contributed by atoms with E-state index in [4.69, 9.17) is 4.42 Å². The zero-order chi connectivity index (χ0) is 24.9. The quantitative estimate of drug-likeness (QED) is 0.382. The number of anilines is 1. The van der Waals surface area contributed by atoms with Gasteiger partial charge in [0.05, 0.1) is 12.7 Å². The van der Waals surface area contributed by atoms with Crippen molar-refractivity contribution in [1.29, 1.82) is 0 Å². The molecule has 2 aromatic carbocycles. The lowest BCUT2D eigenvalue weighted by atomic mass is 10.1. The average Bonchev–Trinajstić information content (AvgIpc) is 3.50. The number of benzene rings is 2. The van der Waals surface area contributed by atoms with Gasteiger partial charge in [0.2, 0.25) is 11.8 Å². The molecule has 0 fully saturated rings. The fourth-order valence-corrected chi connectivity index (χ4v) is 3.24. The highest BCUT2D eigenvalue weighted by Gasteiger charge is 2.18. The summed E-state index contributed by atoms with van der Waals surface area (Å²) in [5, 5.41) is 17.8. The molecular formula is C23H22F3N7O2. The Morgan fingerprint density at radius 1 is 1.11 bits per heavy atom. The minimum absolute atomic E-state index is 0.0895. The van der Waals surface area contributed by atoms with Crippen LogP contribution < -0.4 is 5.32 Å². The first-order valence-electron chi connectivity index (χ1n) is 10.6. The number of amides is 1. The Hall–Kier alpha value is -4.06. The molecule has 1 amide bonds. The van der Waals surface area contributed by atoms with Gasteiger partial charge in [-0.3, -0.25) is 4.79 Å². The van der Waals surface area contributed by atoms with E-state index >= 15 is 0 Å². The van der Waals surface area contributed by atoms with Crippen LogP contribution in [0.3, 0.4) is 0 Å². The summed E-state index contributed by atoms with van der Waals surface area (Å²) >= 11 is 0. The molecule has 2 aromatic heterocycles. The van der Waals surface area contributed by atoms with E-state index in [2.05, 4.69) is 25.8 Å². The third-order valence-electron chi connectivity index (χ3n) is 5.03. The largest absolute Gasteiger partial charge is 0.415 e. The SMILES string of the molecule is CN(C)CCC(=O)Nc1cccc(-c2cn(Cc3ccc(-c4nnc(C(F)F)o4)cc3F)nn2)c1. The van der Waals surface area contributed by atoms with Gasteiger partial charge in [-0.1, -0.05) is 23.4 Å². The van der Waals surface area contributed by atoms with Gasteiger partial charge in [-0.05, 0) is 38.4 Å².